The van der Waals surface area contributed by atoms with Gasteiger partial charge in [0.1, 0.15) is 5.60 Å². The lowest BCUT2D eigenvalue weighted by atomic mass is 10.2. The highest BCUT2D eigenvalue weighted by molar-refractivity contribution is 7.88. The molecule has 1 atom stereocenters. The molecule has 20 heavy (non-hydrogen) atoms. The van der Waals surface area contributed by atoms with Crippen LogP contribution in [0.3, 0.4) is 0 Å². The van der Waals surface area contributed by atoms with Gasteiger partial charge in [-0.2, -0.15) is 0 Å². The number of alkyl carbamates (subject to hydrolysis) is 1. The van der Waals surface area contributed by atoms with E-state index in [2.05, 4.69) is 5.32 Å². The van der Waals surface area contributed by atoms with Crippen molar-refractivity contribution in [3.63, 3.8) is 0 Å². The number of ether oxygens (including phenoxy) is 1. The molecule has 0 heterocycles. The fourth-order valence-electron chi connectivity index (χ4n) is 1.36. The van der Waals surface area contributed by atoms with E-state index in [4.69, 9.17) is 4.74 Å². The lowest BCUT2D eigenvalue weighted by Crippen LogP contribution is -2.32. The molecule has 0 spiro atoms. The molecule has 5 heteroatoms. The van der Waals surface area contributed by atoms with E-state index in [1.165, 1.54) is 0 Å². The first-order valence-corrected chi connectivity index (χ1v) is 7.69. The van der Waals surface area contributed by atoms with Crippen molar-refractivity contribution in [3.8, 4) is 0 Å². The van der Waals surface area contributed by atoms with E-state index in [-0.39, 0.29) is 0 Å². The fraction of sp³-hybridized carbons (Fsp3) is 0.400. The molecule has 1 aromatic carbocycles. The molecular formula is C15H21NO3S. The molecule has 0 saturated carbocycles. The Morgan fingerprint density at radius 2 is 1.95 bits per heavy atom. The third-order valence-electron chi connectivity index (χ3n) is 2.17. The van der Waals surface area contributed by atoms with E-state index in [1.54, 1.807) is 11.5 Å². The quantitative estimate of drug-likeness (QED) is 0.849. The number of rotatable bonds is 5. The SMILES string of the molecule is CC(C)(C)OC(=O)NCC/C=C/S(=O)c1ccccc1. The van der Waals surface area contributed by atoms with Gasteiger partial charge in [0, 0.05) is 16.8 Å². The van der Waals surface area contributed by atoms with Crippen LogP contribution in [0.2, 0.25) is 0 Å². The van der Waals surface area contributed by atoms with Gasteiger partial charge in [0.2, 0.25) is 0 Å². The van der Waals surface area contributed by atoms with Crippen molar-refractivity contribution in [2.24, 2.45) is 0 Å². The minimum Gasteiger partial charge on any atom is -0.444 e. The average molecular weight is 295 g/mol. The smallest absolute Gasteiger partial charge is 0.407 e. The number of amides is 1. The predicted octanol–water partition coefficient (Wildman–Crippen LogP) is 3.22. The molecule has 4 nitrogen and oxygen atoms in total. The van der Waals surface area contributed by atoms with E-state index in [0.29, 0.717) is 13.0 Å². The second-order valence-corrected chi connectivity index (χ2v) is 6.54. The average Bonchev–Trinajstić information content (AvgIpc) is 2.37. The van der Waals surface area contributed by atoms with Gasteiger partial charge in [0.05, 0.1) is 10.8 Å². The zero-order valence-electron chi connectivity index (χ0n) is 12.1. The fourth-order valence-corrected chi connectivity index (χ4v) is 2.25. The molecule has 0 radical (unpaired) electrons. The number of carbonyl (C=O) groups excluding carboxylic acids is 1. The van der Waals surface area contributed by atoms with Crippen molar-refractivity contribution in [1.82, 2.24) is 5.32 Å². The van der Waals surface area contributed by atoms with Crippen molar-refractivity contribution >= 4 is 16.9 Å². The Kier molecular flexibility index (Phi) is 6.45. The molecule has 0 aliphatic heterocycles. The number of carbonyl (C=O) groups is 1. The summed E-state index contributed by atoms with van der Waals surface area (Å²) >= 11 is 0. The topological polar surface area (TPSA) is 55.4 Å². The summed E-state index contributed by atoms with van der Waals surface area (Å²) < 4.78 is 16.9. The molecule has 1 rings (SSSR count). The van der Waals surface area contributed by atoms with Crippen molar-refractivity contribution < 1.29 is 13.7 Å². The molecule has 110 valence electrons. The summed E-state index contributed by atoms with van der Waals surface area (Å²) in [5, 5.41) is 4.27. The van der Waals surface area contributed by atoms with Gasteiger partial charge in [-0.15, -0.1) is 0 Å². The van der Waals surface area contributed by atoms with Crippen LogP contribution in [0.5, 0.6) is 0 Å². The molecule has 0 saturated heterocycles. The maximum absolute atomic E-state index is 11.8. The van der Waals surface area contributed by atoms with Crippen LogP contribution in [0.25, 0.3) is 0 Å². The summed E-state index contributed by atoms with van der Waals surface area (Å²) in [5.74, 6) is 0. The van der Waals surface area contributed by atoms with Crippen molar-refractivity contribution in [2.45, 2.75) is 37.7 Å². The standard InChI is InChI=1S/C15H21NO3S/c1-15(2,3)19-14(17)16-11-7-8-12-20(18)13-9-5-4-6-10-13/h4-6,8-10,12H,7,11H2,1-3H3,(H,16,17)/b12-8+. The molecule has 1 aromatic rings. The Morgan fingerprint density at radius 1 is 1.30 bits per heavy atom. The third-order valence-corrected chi connectivity index (χ3v) is 3.35. The summed E-state index contributed by atoms with van der Waals surface area (Å²) in [6, 6.07) is 9.23. The summed E-state index contributed by atoms with van der Waals surface area (Å²) in [4.78, 5) is 12.1. The van der Waals surface area contributed by atoms with Crippen LogP contribution in [0.1, 0.15) is 27.2 Å². The number of nitrogens with one attached hydrogen (secondary N) is 1. The lowest BCUT2D eigenvalue weighted by molar-refractivity contribution is 0.0529. The highest BCUT2D eigenvalue weighted by Crippen LogP contribution is 2.07. The van der Waals surface area contributed by atoms with Gasteiger partial charge in [-0.05, 0) is 39.3 Å². The number of benzene rings is 1. The van der Waals surface area contributed by atoms with Gasteiger partial charge in [-0.3, -0.25) is 0 Å². The minimum absolute atomic E-state index is 0.435. The lowest BCUT2D eigenvalue weighted by Gasteiger charge is -2.19. The number of hydrogen-bond donors (Lipinski definition) is 1. The first-order valence-electron chi connectivity index (χ1n) is 6.47. The third kappa shape index (κ3) is 7.09. The summed E-state index contributed by atoms with van der Waals surface area (Å²) in [5.41, 5.74) is -0.491. The van der Waals surface area contributed by atoms with E-state index in [0.717, 1.165) is 4.90 Å². The van der Waals surface area contributed by atoms with Crippen LogP contribution in [-0.4, -0.2) is 22.4 Å². The van der Waals surface area contributed by atoms with Gasteiger partial charge < -0.3 is 10.1 Å². The van der Waals surface area contributed by atoms with E-state index >= 15 is 0 Å². The normalized spacial score (nSPS) is 13.2. The Bertz CT molecular complexity index is 478. The predicted molar refractivity (Wildman–Crippen MR) is 80.8 cm³/mol. The Morgan fingerprint density at radius 3 is 2.55 bits per heavy atom. The molecule has 0 aromatic heterocycles. The first-order chi connectivity index (χ1) is 9.38. The van der Waals surface area contributed by atoms with Crippen molar-refractivity contribution in [2.75, 3.05) is 6.54 Å². The highest BCUT2D eigenvalue weighted by Gasteiger charge is 2.15. The van der Waals surface area contributed by atoms with Crippen molar-refractivity contribution in [1.29, 1.82) is 0 Å². The zero-order chi connectivity index (χ0) is 15.0. The summed E-state index contributed by atoms with van der Waals surface area (Å²) in [6.07, 6.45) is 1.97. The molecule has 1 amide bonds. The van der Waals surface area contributed by atoms with Crippen LogP contribution in [-0.2, 0) is 15.5 Å². The first kappa shape index (κ1) is 16.4. The maximum Gasteiger partial charge on any atom is 0.407 e. The Hall–Kier alpha value is -1.62. The van der Waals surface area contributed by atoms with Crippen LogP contribution < -0.4 is 5.32 Å². The second-order valence-electron chi connectivity index (χ2n) is 5.20. The summed E-state index contributed by atoms with van der Waals surface area (Å²) in [6.45, 7) is 5.90. The van der Waals surface area contributed by atoms with Gasteiger partial charge in [-0.1, -0.05) is 24.3 Å². The second kappa shape index (κ2) is 7.85. The highest BCUT2D eigenvalue weighted by atomic mass is 32.2. The van der Waals surface area contributed by atoms with Gasteiger partial charge in [-0.25, -0.2) is 9.00 Å². The zero-order valence-corrected chi connectivity index (χ0v) is 12.9. The minimum atomic E-state index is -1.14. The van der Waals surface area contributed by atoms with Crippen molar-refractivity contribution in [3.05, 3.63) is 41.8 Å². The van der Waals surface area contributed by atoms with Gasteiger partial charge in [0.25, 0.3) is 0 Å². The molecule has 1 N–H and O–H groups in total. The Balaban J connectivity index is 2.26. The largest absolute Gasteiger partial charge is 0.444 e. The molecule has 1 unspecified atom stereocenters. The maximum atomic E-state index is 11.8. The molecular weight excluding hydrogens is 274 g/mol. The monoisotopic (exact) mass is 295 g/mol. The number of hydrogen-bond acceptors (Lipinski definition) is 3. The molecule has 0 aliphatic carbocycles. The van der Waals surface area contributed by atoms with Gasteiger partial charge >= 0.3 is 6.09 Å². The van der Waals surface area contributed by atoms with Crippen LogP contribution in [0.15, 0.2) is 46.7 Å². The van der Waals surface area contributed by atoms with E-state index in [1.807, 2.05) is 51.1 Å². The molecule has 0 bridgehead atoms. The van der Waals surface area contributed by atoms with Gasteiger partial charge in [0.15, 0.2) is 0 Å². The van der Waals surface area contributed by atoms with Crippen LogP contribution in [0, 0.1) is 0 Å². The molecule has 0 aliphatic rings. The Labute approximate surface area is 122 Å². The van der Waals surface area contributed by atoms with Crippen LogP contribution in [0.4, 0.5) is 4.79 Å². The molecule has 0 fully saturated rings. The van der Waals surface area contributed by atoms with E-state index < -0.39 is 22.5 Å². The van der Waals surface area contributed by atoms with Crippen LogP contribution >= 0.6 is 0 Å². The van der Waals surface area contributed by atoms with E-state index in [9.17, 15) is 9.00 Å². The summed E-state index contributed by atoms with van der Waals surface area (Å²) in [7, 11) is -1.14.